The van der Waals surface area contributed by atoms with E-state index in [1.807, 2.05) is 6.92 Å². The van der Waals surface area contributed by atoms with Crippen molar-refractivity contribution >= 4 is 15.7 Å². The molecule has 1 heterocycles. The summed E-state index contributed by atoms with van der Waals surface area (Å²) in [6.07, 6.45) is 6.99. The first-order valence-electron chi connectivity index (χ1n) is 7.89. The summed E-state index contributed by atoms with van der Waals surface area (Å²) < 4.78 is 26.1. The van der Waals surface area contributed by atoms with Crippen molar-refractivity contribution in [3.63, 3.8) is 0 Å². The van der Waals surface area contributed by atoms with Crippen molar-refractivity contribution in [2.24, 2.45) is 7.05 Å². The zero-order chi connectivity index (χ0) is 16.2. The van der Waals surface area contributed by atoms with E-state index in [2.05, 4.69) is 5.10 Å². The zero-order valence-electron chi connectivity index (χ0n) is 13.4. The second-order valence-corrected chi connectivity index (χ2v) is 8.01. The van der Waals surface area contributed by atoms with E-state index in [1.165, 1.54) is 11.1 Å². The molecule has 1 aromatic heterocycles. The van der Waals surface area contributed by atoms with E-state index in [-0.39, 0.29) is 17.7 Å². The Bertz CT molecular complexity index is 603. The SMILES string of the molecule is CCN(C(=O)CS(=O)(=O)Cc1ccnn1C)C1CCCCC1. The van der Waals surface area contributed by atoms with E-state index in [9.17, 15) is 13.2 Å². The van der Waals surface area contributed by atoms with Crippen molar-refractivity contribution in [2.45, 2.75) is 50.8 Å². The number of hydrogen-bond donors (Lipinski definition) is 0. The van der Waals surface area contributed by atoms with Crippen LogP contribution in [0.2, 0.25) is 0 Å². The first-order valence-corrected chi connectivity index (χ1v) is 9.72. The molecule has 2 rings (SSSR count). The number of aryl methyl sites for hydroxylation is 1. The third-order valence-corrected chi connectivity index (χ3v) is 5.73. The van der Waals surface area contributed by atoms with Gasteiger partial charge in [0.15, 0.2) is 9.84 Å². The quantitative estimate of drug-likeness (QED) is 0.794. The molecule has 7 heteroatoms. The van der Waals surface area contributed by atoms with Gasteiger partial charge in [0.1, 0.15) is 5.75 Å². The fourth-order valence-corrected chi connectivity index (χ4v) is 4.50. The minimum atomic E-state index is -3.47. The molecule has 1 saturated carbocycles. The molecule has 6 nitrogen and oxygen atoms in total. The monoisotopic (exact) mass is 327 g/mol. The molecule has 0 aliphatic heterocycles. The molecular weight excluding hydrogens is 302 g/mol. The van der Waals surface area contributed by atoms with Gasteiger partial charge >= 0.3 is 0 Å². The standard InChI is InChI=1S/C15H25N3O3S/c1-3-18(13-7-5-4-6-8-13)15(19)12-22(20,21)11-14-9-10-16-17(14)2/h9-10,13H,3-8,11-12H2,1-2H3. The number of rotatable bonds is 6. The predicted octanol–water partition coefficient (Wildman–Crippen LogP) is 1.52. The fraction of sp³-hybridized carbons (Fsp3) is 0.733. The molecule has 1 amide bonds. The smallest absolute Gasteiger partial charge is 0.238 e. The molecule has 22 heavy (non-hydrogen) atoms. The van der Waals surface area contributed by atoms with Gasteiger partial charge in [-0.3, -0.25) is 9.48 Å². The van der Waals surface area contributed by atoms with E-state index in [0.717, 1.165) is 25.7 Å². The highest BCUT2D eigenvalue weighted by Gasteiger charge is 2.28. The van der Waals surface area contributed by atoms with E-state index >= 15 is 0 Å². The number of amides is 1. The third kappa shape index (κ3) is 4.32. The molecule has 1 fully saturated rings. The molecular formula is C15H25N3O3S. The molecule has 0 aromatic carbocycles. The van der Waals surface area contributed by atoms with Gasteiger partial charge in [0.25, 0.3) is 0 Å². The Labute approximate surface area is 132 Å². The van der Waals surface area contributed by atoms with Crippen molar-refractivity contribution in [1.29, 1.82) is 0 Å². The molecule has 1 aromatic rings. The zero-order valence-corrected chi connectivity index (χ0v) is 14.2. The second kappa shape index (κ2) is 7.26. The van der Waals surface area contributed by atoms with Crippen LogP contribution in [0.1, 0.15) is 44.7 Å². The number of aromatic nitrogens is 2. The van der Waals surface area contributed by atoms with E-state index in [1.54, 1.807) is 24.2 Å². The molecule has 0 bridgehead atoms. The molecule has 0 N–H and O–H groups in total. The van der Waals surface area contributed by atoms with Crippen LogP contribution in [0.25, 0.3) is 0 Å². The molecule has 0 spiro atoms. The summed E-state index contributed by atoms with van der Waals surface area (Å²) in [6, 6.07) is 1.87. The van der Waals surface area contributed by atoms with Gasteiger partial charge in [-0.05, 0) is 25.8 Å². The highest BCUT2D eigenvalue weighted by atomic mass is 32.2. The van der Waals surface area contributed by atoms with Crippen LogP contribution < -0.4 is 0 Å². The molecule has 1 aliphatic carbocycles. The Morgan fingerprint density at radius 2 is 2.05 bits per heavy atom. The average molecular weight is 327 g/mol. The Balaban J connectivity index is 2.00. The van der Waals surface area contributed by atoms with Crippen molar-refractivity contribution in [2.75, 3.05) is 12.3 Å². The summed E-state index contributed by atoms with van der Waals surface area (Å²) in [6.45, 7) is 2.49. The van der Waals surface area contributed by atoms with Gasteiger partial charge < -0.3 is 4.90 Å². The number of hydrogen-bond acceptors (Lipinski definition) is 4. The topological polar surface area (TPSA) is 72.3 Å². The maximum atomic E-state index is 12.4. The van der Waals surface area contributed by atoms with Gasteiger partial charge in [-0.2, -0.15) is 5.10 Å². The summed E-state index contributed by atoms with van der Waals surface area (Å²) in [4.78, 5) is 14.2. The number of sulfone groups is 1. The van der Waals surface area contributed by atoms with Crippen molar-refractivity contribution < 1.29 is 13.2 Å². The van der Waals surface area contributed by atoms with E-state index in [4.69, 9.17) is 0 Å². The van der Waals surface area contributed by atoms with Crippen LogP contribution in [0.4, 0.5) is 0 Å². The summed E-state index contributed by atoms with van der Waals surface area (Å²) in [7, 11) is -1.77. The van der Waals surface area contributed by atoms with Gasteiger partial charge in [0.05, 0.1) is 11.4 Å². The van der Waals surface area contributed by atoms with Crippen LogP contribution in [0.3, 0.4) is 0 Å². The summed E-state index contributed by atoms with van der Waals surface area (Å²) in [5.41, 5.74) is 0.605. The van der Waals surface area contributed by atoms with Gasteiger partial charge in [-0.25, -0.2) is 8.42 Å². The van der Waals surface area contributed by atoms with Crippen molar-refractivity contribution in [1.82, 2.24) is 14.7 Å². The highest BCUT2D eigenvalue weighted by Crippen LogP contribution is 2.23. The van der Waals surface area contributed by atoms with Crippen LogP contribution in [0.15, 0.2) is 12.3 Å². The first kappa shape index (κ1) is 17.0. The Hall–Kier alpha value is -1.37. The van der Waals surface area contributed by atoms with Crippen LogP contribution in [-0.2, 0) is 27.4 Å². The van der Waals surface area contributed by atoms with Gasteiger partial charge in [0.2, 0.25) is 5.91 Å². The lowest BCUT2D eigenvalue weighted by atomic mass is 9.94. The number of nitrogens with zero attached hydrogens (tertiary/aromatic N) is 3. The maximum absolute atomic E-state index is 12.4. The largest absolute Gasteiger partial charge is 0.339 e. The van der Waals surface area contributed by atoms with Crippen LogP contribution >= 0.6 is 0 Å². The summed E-state index contributed by atoms with van der Waals surface area (Å²) in [5.74, 6) is -0.823. The van der Waals surface area contributed by atoms with Gasteiger partial charge in [-0.15, -0.1) is 0 Å². The minimum Gasteiger partial charge on any atom is -0.339 e. The predicted molar refractivity (Wildman–Crippen MR) is 85.0 cm³/mol. The maximum Gasteiger partial charge on any atom is 0.238 e. The lowest BCUT2D eigenvalue weighted by molar-refractivity contribution is -0.131. The van der Waals surface area contributed by atoms with E-state index in [0.29, 0.717) is 12.2 Å². The first-order chi connectivity index (χ1) is 10.4. The Morgan fingerprint density at radius 3 is 2.59 bits per heavy atom. The van der Waals surface area contributed by atoms with Crippen LogP contribution in [0, 0.1) is 0 Å². The third-order valence-electron chi connectivity index (χ3n) is 4.31. The molecule has 0 unspecified atom stereocenters. The number of carbonyl (C=O) groups is 1. The van der Waals surface area contributed by atoms with Crippen molar-refractivity contribution in [3.05, 3.63) is 18.0 Å². The summed E-state index contributed by atoms with van der Waals surface area (Å²) >= 11 is 0. The molecule has 0 radical (unpaired) electrons. The molecule has 1 aliphatic rings. The average Bonchev–Trinajstić information content (AvgIpc) is 2.85. The Kier molecular flexibility index (Phi) is 5.61. The van der Waals surface area contributed by atoms with Crippen LogP contribution in [0.5, 0.6) is 0 Å². The van der Waals surface area contributed by atoms with Gasteiger partial charge in [0, 0.05) is 25.8 Å². The lowest BCUT2D eigenvalue weighted by Gasteiger charge is -2.33. The normalized spacial score (nSPS) is 16.6. The summed E-state index contributed by atoms with van der Waals surface area (Å²) in [5, 5.41) is 3.96. The molecule has 124 valence electrons. The molecule has 0 atom stereocenters. The fourth-order valence-electron chi connectivity index (χ4n) is 3.12. The highest BCUT2D eigenvalue weighted by molar-refractivity contribution is 7.91. The minimum absolute atomic E-state index is 0.141. The number of carbonyl (C=O) groups excluding carboxylic acids is 1. The Morgan fingerprint density at radius 1 is 1.36 bits per heavy atom. The van der Waals surface area contributed by atoms with Crippen molar-refractivity contribution in [3.8, 4) is 0 Å². The molecule has 0 saturated heterocycles. The lowest BCUT2D eigenvalue weighted by Crippen LogP contribution is -2.44. The van der Waals surface area contributed by atoms with Gasteiger partial charge in [-0.1, -0.05) is 19.3 Å². The van der Waals surface area contributed by atoms with E-state index < -0.39 is 15.6 Å². The van der Waals surface area contributed by atoms with Crippen LogP contribution in [-0.4, -0.2) is 47.3 Å². The second-order valence-electron chi connectivity index (χ2n) is 5.95.